The maximum atomic E-state index is 5.50. The molecule has 6 nitrogen and oxygen atoms in total. The SMILES string of the molecule is COC(C)(C)c1noc(-c2csc(CN)n2)n1. The highest BCUT2D eigenvalue weighted by Crippen LogP contribution is 2.25. The fraction of sp³-hybridized carbons (Fsp3) is 0.500. The molecule has 2 aromatic rings. The van der Waals surface area contributed by atoms with Crippen molar-refractivity contribution in [1.82, 2.24) is 15.1 Å². The summed E-state index contributed by atoms with van der Waals surface area (Å²) in [6.45, 7) is 4.15. The average molecular weight is 254 g/mol. The molecule has 92 valence electrons. The predicted octanol–water partition coefficient (Wildman–Crippen LogP) is 1.53. The van der Waals surface area contributed by atoms with E-state index in [-0.39, 0.29) is 0 Å². The first kappa shape index (κ1) is 12.2. The molecule has 2 rings (SSSR count). The van der Waals surface area contributed by atoms with Gasteiger partial charge in [0.2, 0.25) is 5.82 Å². The first-order valence-corrected chi connectivity index (χ1v) is 5.99. The number of nitrogens with zero attached hydrogens (tertiary/aromatic N) is 3. The highest BCUT2D eigenvalue weighted by molar-refractivity contribution is 7.09. The van der Waals surface area contributed by atoms with Crippen molar-refractivity contribution in [2.24, 2.45) is 5.73 Å². The van der Waals surface area contributed by atoms with Crippen molar-refractivity contribution >= 4 is 11.3 Å². The second kappa shape index (κ2) is 4.52. The van der Waals surface area contributed by atoms with Crippen molar-refractivity contribution in [1.29, 1.82) is 0 Å². The number of rotatable bonds is 4. The minimum Gasteiger partial charge on any atom is -0.371 e. The second-order valence-electron chi connectivity index (χ2n) is 3.97. The van der Waals surface area contributed by atoms with Crippen LogP contribution < -0.4 is 5.73 Å². The summed E-state index contributed by atoms with van der Waals surface area (Å²) in [5.41, 5.74) is 5.58. The van der Waals surface area contributed by atoms with Gasteiger partial charge in [0.15, 0.2) is 0 Å². The highest BCUT2D eigenvalue weighted by Gasteiger charge is 2.27. The fourth-order valence-corrected chi connectivity index (χ4v) is 1.81. The Kier molecular flexibility index (Phi) is 3.23. The van der Waals surface area contributed by atoms with Crippen molar-refractivity contribution in [3.8, 4) is 11.6 Å². The predicted molar refractivity (Wildman–Crippen MR) is 63.3 cm³/mol. The second-order valence-corrected chi connectivity index (χ2v) is 4.91. The van der Waals surface area contributed by atoms with E-state index in [1.165, 1.54) is 11.3 Å². The fourth-order valence-electron chi connectivity index (χ4n) is 1.17. The third-order valence-corrected chi connectivity index (χ3v) is 3.29. The van der Waals surface area contributed by atoms with Crippen LogP contribution in [0.5, 0.6) is 0 Å². The van der Waals surface area contributed by atoms with Crippen molar-refractivity contribution in [2.75, 3.05) is 7.11 Å². The third-order valence-electron chi connectivity index (χ3n) is 2.42. The van der Waals surface area contributed by atoms with Gasteiger partial charge in [0.05, 0.1) is 0 Å². The zero-order chi connectivity index (χ0) is 12.5. The van der Waals surface area contributed by atoms with E-state index < -0.39 is 5.60 Å². The minimum atomic E-state index is -0.575. The van der Waals surface area contributed by atoms with Gasteiger partial charge in [-0.3, -0.25) is 0 Å². The van der Waals surface area contributed by atoms with E-state index in [2.05, 4.69) is 15.1 Å². The van der Waals surface area contributed by atoms with Gasteiger partial charge in [-0.1, -0.05) is 5.16 Å². The number of hydrogen-bond donors (Lipinski definition) is 1. The maximum absolute atomic E-state index is 5.50. The molecule has 0 saturated carbocycles. The highest BCUT2D eigenvalue weighted by atomic mass is 32.1. The molecule has 0 atom stereocenters. The molecule has 0 bridgehead atoms. The molecule has 0 radical (unpaired) electrons. The maximum Gasteiger partial charge on any atom is 0.277 e. The quantitative estimate of drug-likeness (QED) is 0.890. The third kappa shape index (κ3) is 2.36. The van der Waals surface area contributed by atoms with Crippen LogP contribution in [0.1, 0.15) is 24.7 Å². The van der Waals surface area contributed by atoms with Crippen molar-refractivity contribution in [2.45, 2.75) is 26.0 Å². The number of aromatic nitrogens is 3. The minimum absolute atomic E-state index is 0.390. The van der Waals surface area contributed by atoms with Gasteiger partial charge in [-0.2, -0.15) is 4.98 Å². The van der Waals surface area contributed by atoms with Crippen molar-refractivity contribution in [3.63, 3.8) is 0 Å². The Morgan fingerprint density at radius 2 is 2.24 bits per heavy atom. The van der Waals surface area contributed by atoms with Crippen LogP contribution in [-0.4, -0.2) is 22.2 Å². The summed E-state index contributed by atoms with van der Waals surface area (Å²) in [4.78, 5) is 8.55. The monoisotopic (exact) mass is 254 g/mol. The lowest BCUT2D eigenvalue weighted by atomic mass is 10.1. The molecule has 0 aliphatic carbocycles. The Labute approximate surface area is 103 Å². The summed E-state index contributed by atoms with van der Waals surface area (Å²) < 4.78 is 10.4. The molecular weight excluding hydrogens is 240 g/mol. The smallest absolute Gasteiger partial charge is 0.277 e. The number of methoxy groups -OCH3 is 1. The summed E-state index contributed by atoms with van der Waals surface area (Å²) in [7, 11) is 1.60. The summed E-state index contributed by atoms with van der Waals surface area (Å²) in [6, 6.07) is 0. The van der Waals surface area contributed by atoms with Crippen molar-refractivity contribution in [3.05, 3.63) is 16.2 Å². The van der Waals surface area contributed by atoms with Gasteiger partial charge < -0.3 is 15.0 Å². The Morgan fingerprint density at radius 1 is 1.47 bits per heavy atom. The molecule has 0 aliphatic rings. The molecule has 17 heavy (non-hydrogen) atoms. The lowest BCUT2D eigenvalue weighted by Gasteiger charge is -2.17. The molecule has 0 saturated heterocycles. The number of thiazole rings is 1. The van der Waals surface area contributed by atoms with Gasteiger partial charge in [0.1, 0.15) is 16.3 Å². The Morgan fingerprint density at radius 3 is 2.82 bits per heavy atom. The Balaban J connectivity index is 2.29. The molecule has 0 amide bonds. The Bertz CT molecular complexity index is 506. The number of ether oxygens (including phenoxy) is 1. The van der Waals surface area contributed by atoms with Crippen LogP contribution in [0, 0.1) is 0 Å². The molecule has 0 spiro atoms. The van der Waals surface area contributed by atoms with E-state index >= 15 is 0 Å². The number of hydrogen-bond acceptors (Lipinski definition) is 7. The molecular formula is C10H14N4O2S. The summed E-state index contributed by atoms with van der Waals surface area (Å²) in [6.07, 6.45) is 0. The lowest BCUT2D eigenvalue weighted by Crippen LogP contribution is -2.21. The molecule has 0 fully saturated rings. The van der Waals surface area contributed by atoms with Crippen LogP contribution in [0.2, 0.25) is 0 Å². The van der Waals surface area contributed by atoms with Crippen LogP contribution in [-0.2, 0) is 16.9 Å². The zero-order valence-electron chi connectivity index (χ0n) is 9.93. The van der Waals surface area contributed by atoms with Gasteiger partial charge in [0.25, 0.3) is 5.89 Å². The first-order chi connectivity index (χ1) is 8.06. The molecule has 7 heteroatoms. The molecule has 0 aliphatic heterocycles. The van der Waals surface area contributed by atoms with Gasteiger partial charge in [0, 0.05) is 19.0 Å². The van der Waals surface area contributed by atoms with E-state index in [1.54, 1.807) is 7.11 Å². The van der Waals surface area contributed by atoms with Gasteiger partial charge in [-0.25, -0.2) is 4.98 Å². The van der Waals surface area contributed by atoms with Gasteiger partial charge in [-0.05, 0) is 13.8 Å². The van der Waals surface area contributed by atoms with Gasteiger partial charge in [-0.15, -0.1) is 11.3 Å². The van der Waals surface area contributed by atoms with E-state index in [1.807, 2.05) is 19.2 Å². The molecule has 2 N–H and O–H groups in total. The van der Waals surface area contributed by atoms with E-state index in [0.29, 0.717) is 24.0 Å². The van der Waals surface area contributed by atoms with Crippen LogP contribution in [0.15, 0.2) is 9.90 Å². The summed E-state index contributed by atoms with van der Waals surface area (Å²) in [5.74, 6) is 0.887. The molecule has 0 aromatic carbocycles. The van der Waals surface area contributed by atoms with E-state index in [0.717, 1.165) is 5.01 Å². The summed E-state index contributed by atoms with van der Waals surface area (Å²) in [5, 5.41) is 6.58. The average Bonchev–Trinajstić information content (AvgIpc) is 2.97. The molecule has 2 aromatic heterocycles. The topological polar surface area (TPSA) is 87.1 Å². The molecule has 0 unspecified atom stereocenters. The lowest BCUT2D eigenvalue weighted by molar-refractivity contribution is 0.00973. The largest absolute Gasteiger partial charge is 0.371 e. The van der Waals surface area contributed by atoms with Crippen LogP contribution in [0.3, 0.4) is 0 Å². The normalized spacial score (nSPS) is 12.0. The Hall–Kier alpha value is -1.31. The number of nitrogens with two attached hydrogens (primary N) is 1. The first-order valence-electron chi connectivity index (χ1n) is 5.11. The van der Waals surface area contributed by atoms with Crippen LogP contribution in [0.25, 0.3) is 11.6 Å². The van der Waals surface area contributed by atoms with Crippen LogP contribution in [0.4, 0.5) is 0 Å². The van der Waals surface area contributed by atoms with Crippen LogP contribution >= 0.6 is 11.3 Å². The van der Waals surface area contributed by atoms with E-state index in [9.17, 15) is 0 Å². The summed E-state index contributed by atoms with van der Waals surface area (Å²) >= 11 is 1.47. The zero-order valence-corrected chi connectivity index (χ0v) is 10.7. The standard InChI is InChI=1S/C10H14N4O2S/c1-10(2,15-3)9-13-8(16-14-9)6-5-17-7(4-11)12-6/h5H,4,11H2,1-3H3. The molecule has 2 heterocycles. The van der Waals surface area contributed by atoms with E-state index in [4.69, 9.17) is 15.0 Å². The van der Waals surface area contributed by atoms with Crippen molar-refractivity contribution < 1.29 is 9.26 Å². The van der Waals surface area contributed by atoms with Gasteiger partial charge >= 0.3 is 0 Å².